The fourth-order valence-electron chi connectivity index (χ4n) is 3.43. The summed E-state index contributed by atoms with van der Waals surface area (Å²) in [5.41, 5.74) is -4.54. The molecule has 0 spiro atoms. The number of H-pyrrole nitrogens is 1. The lowest BCUT2D eigenvalue weighted by Gasteiger charge is -2.28. The lowest BCUT2D eigenvalue weighted by molar-refractivity contribution is -0.149. The van der Waals surface area contributed by atoms with Crippen molar-refractivity contribution in [2.24, 2.45) is 0 Å². The molecule has 11 nitrogen and oxygen atoms in total. The zero-order chi connectivity index (χ0) is 27.4. The Balaban J connectivity index is 1.84. The van der Waals surface area contributed by atoms with Gasteiger partial charge in [-0.3, -0.25) is 19.1 Å². The zero-order valence-corrected chi connectivity index (χ0v) is 21.9. The molecule has 0 radical (unpaired) electrons. The average Bonchev–Trinajstić information content (AvgIpc) is 3.08. The van der Waals surface area contributed by atoms with Crippen LogP contribution in [0.4, 0.5) is 4.39 Å². The molecule has 1 aromatic heterocycles. The predicted molar refractivity (Wildman–Crippen MR) is 135 cm³/mol. The number of nitrogens with one attached hydrogen (secondary N) is 2. The van der Waals surface area contributed by atoms with Crippen LogP contribution in [0, 0.1) is 12.3 Å². The van der Waals surface area contributed by atoms with E-state index in [1.54, 1.807) is 44.2 Å². The maximum Gasteiger partial charge on any atom is 0.330 e. The van der Waals surface area contributed by atoms with Gasteiger partial charge in [-0.25, -0.2) is 14.3 Å². The maximum absolute atomic E-state index is 15.7. The number of rotatable bonds is 10. The highest BCUT2D eigenvalue weighted by Gasteiger charge is 2.58. The summed E-state index contributed by atoms with van der Waals surface area (Å²) in [7, 11) is 0. The largest absolute Gasteiger partial charge is 0.462 e. The molecule has 3 unspecified atom stereocenters. The van der Waals surface area contributed by atoms with Crippen LogP contribution in [0.2, 0.25) is 0 Å². The monoisotopic (exact) mass is 555 g/mol. The van der Waals surface area contributed by atoms with Gasteiger partial charge in [-0.05, 0) is 44.7 Å². The molecule has 1 aromatic carbocycles. The van der Waals surface area contributed by atoms with Gasteiger partial charge in [0.2, 0.25) is 5.67 Å². The Hall–Kier alpha value is -2.85. The predicted octanol–water partition coefficient (Wildman–Crippen LogP) is 1.39. The molecule has 200 valence electrons. The molecule has 2 aromatic rings. The third kappa shape index (κ3) is 6.73. The number of carbonyl (C=O) groups excluding carboxylic acids is 1. The topological polar surface area (TPSA) is 141 Å². The van der Waals surface area contributed by atoms with Crippen molar-refractivity contribution < 1.29 is 32.8 Å². The number of aromatic amines is 1. The number of benzene rings is 1. The summed E-state index contributed by atoms with van der Waals surface area (Å²) in [6.45, 7) is 0.835. The summed E-state index contributed by atoms with van der Waals surface area (Å²) < 4.78 is 38.8. The van der Waals surface area contributed by atoms with Gasteiger partial charge in [-0.1, -0.05) is 24.1 Å². The van der Waals surface area contributed by atoms with Gasteiger partial charge in [-0.2, -0.15) is 0 Å². The molecular formula is C23H27FN3O8PS. The lowest BCUT2D eigenvalue weighted by Crippen LogP contribution is -2.45. The minimum Gasteiger partial charge on any atom is -0.462 e. The van der Waals surface area contributed by atoms with Crippen LogP contribution in [0.5, 0.6) is 5.75 Å². The van der Waals surface area contributed by atoms with Crippen molar-refractivity contribution in [3.63, 3.8) is 0 Å². The Morgan fingerprint density at radius 2 is 2.03 bits per heavy atom. The summed E-state index contributed by atoms with van der Waals surface area (Å²) in [6, 6.07) is 8.44. The van der Waals surface area contributed by atoms with E-state index in [0.717, 1.165) is 16.8 Å². The third-order valence-corrected chi connectivity index (χ3v) is 7.71. The quantitative estimate of drug-likeness (QED) is 0.224. The summed E-state index contributed by atoms with van der Waals surface area (Å²) in [4.78, 5) is 38.0. The van der Waals surface area contributed by atoms with Crippen LogP contribution in [0.3, 0.4) is 0 Å². The van der Waals surface area contributed by atoms with E-state index < -0.39 is 60.6 Å². The summed E-state index contributed by atoms with van der Waals surface area (Å²) >= 11 is 5.59. The van der Waals surface area contributed by atoms with Gasteiger partial charge in [0.1, 0.15) is 24.0 Å². The van der Waals surface area contributed by atoms with E-state index >= 15 is 4.39 Å². The number of terminal acetylenes is 1. The van der Waals surface area contributed by atoms with E-state index in [4.69, 9.17) is 36.8 Å². The number of aromatic nitrogens is 2. The molecule has 6 atom stereocenters. The van der Waals surface area contributed by atoms with E-state index in [2.05, 4.69) is 5.09 Å². The number of hydrogen-bond acceptors (Lipinski definition) is 9. The fraction of sp³-hybridized carbons (Fsp3) is 0.435. The van der Waals surface area contributed by atoms with Gasteiger partial charge >= 0.3 is 18.3 Å². The third-order valence-electron chi connectivity index (χ3n) is 5.21. The van der Waals surface area contributed by atoms with Crippen LogP contribution in [0.25, 0.3) is 0 Å². The fourth-order valence-corrected chi connectivity index (χ4v) is 5.85. The van der Waals surface area contributed by atoms with Gasteiger partial charge in [0.25, 0.3) is 5.56 Å². The molecule has 1 aliphatic rings. The second-order valence-electron chi connectivity index (χ2n) is 8.44. The number of nitrogens with zero attached hydrogens (tertiary/aromatic N) is 1. The molecule has 14 heteroatoms. The Morgan fingerprint density at radius 3 is 2.62 bits per heavy atom. The van der Waals surface area contributed by atoms with Crippen molar-refractivity contribution >= 4 is 24.4 Å². The Kier molecular flexibility index (Phi) is 9.07. The van der Waals surface area contributed by atoms with Crippen molar-refractivity contribution in [2.45, 2.75) is 57.0 Å². The molecule has 0 amide bonds. The van der Waals surface area contributed by atoms with Crippen molar-refractivity contribution in [1.29, 1.82) is 0 Å². The highest BCUT2D eigenvalue weighted by atomic mass is 32.5. The molecule has 3 N–H and O–H groups in total. The molecule has 0 aliphatic carbocycles. The van der Waals surface area contributed by atoms with Crippen LogP contribution in [-0.4, -0.2) is 57.3 Å². The van der Waals surface area contributed by atoms with Gasteiger partial charge in [0.05, 0.1) is 12.7 Å². The van der Waals surface area contributed by atoms with Crippen molar-refractivity contribution in [3.05, 3.63) is 63.4 Å². The van der Waals surface area contributed by atoms with Crippen LogP contribution in [0.1, 0.15) is 27.0 Å². The molecular weight excluding hydrogens is 528 g/mol. The summed E-state index contributed by atoms with van der Waals surface area (Å²) in [6.07, 6.45) is 0.874. The van der Waals surface area contributed by atoms with Crippen LogP contribution >= 0.6 is 6.64 Å². The second-order valence-corrected chi connectivity index (χ2v) is 11.6. The first-order chi connectivity index (χ1) is 17.4. The van der Waals surface area contributed by atoms with Gasteiger partial charge in [-0.15, -0.1) is 6.42 Å². The molecule has 1 fully saturated rings. The molecule has 37 heavy (non-hydrogen) atoms. The smallest absolute Gasteiger partial charge is 0.330 e. The Bertz CT molecular complexity index is 1310. The van der Waals surface area contributed by atoms with Crippen molar-refractivity contribution in [2.75, 3.05) is 6.61 Å². The van der Waals surface area contributed by atoms with E-state index in [1.165, 1.54) is 6.92 Å². The number of hydrogen-bond donors (Lipinski definition) is 3. The highest BCUT2D eigenvalue weighted by molar-refractivity contribution is 8.09. The standard InChI is InChI=1S/C23H27FN3O8PS/c1-5-23(24)19(29)17(34-21(23)27-12-11-18(28)25-22(27)31)13-32-36(37,35-16-9-7-6-8-10-16)26-15(4)20(30)33-14(2)3/h1,6-12,14-15,17,19,21,29H,13H2,2-4H3,(H,26,37)(H,25,28,31)/t15?,17-,19-,21?,23-,36?/m1/s1. The van der Waals surface area contributed by atoms with E-state index in [-0.39, 0.29) is 6.10 Å². The Labute approximate surface area is 217 Å². The number of aliphatic hydroxyl groups is 1. The average molecular weight is 556 g/mol. The van der Waals surface area contributed by atoms with Crippen LogP contribution in [-0.2, 0) is 30.6 Å². The number of halogens is 1. The van der Waals surface area contributed by atoms with Gasteiger partial charge in [0, 0.05) is 12.3 Å². The number of ether oxygens (including phenoxy) is 2. The number of alkyl halides is 1. The molecule has 0 saturated carbocycles. The van der Waals surface area contributed by atoms with Crippen LogP contribution in [0.15, 0.2) is 52.2 Å². The number of para-hydroxylation sites is 1. The molecule has 2 heterocycles. The van der Waals surface area contributed by atoms with Crippen molar-refractivity contribution in [3.8, 4) is 18.1 Å². The van der Waals surface area contributed by atoms with Crippen LogP contribution < -0.4 is 20.9 Å². The van der Waals surface area contributed by atoms with E-state index in [9.17, 15) is 19.5 Å². The van der Waals surface area contributed by atoms with Gasteiger partial charge < -0.3 is 23.6 Å². The number of esters is 1. The first-order valence-corrected chi connectivity index (χ1v) is 13.8. The maximum atomic E-state index is 15.7. The summed E-state index contributed by atoms with van der Waals surface area (Å²) in [5.74, 6) is 1.57. The van der Waals surface area contributed by atoms with Gasteiger partial charge in [0.15, 0.2) is 6.23 Å². The Morgan fingerprint density at radius 1 is 1.35 bits per heavy atom. The molecule has 1 aliphatic heterocycles. The molecule has 1 saturated heterocycles. The first-order valence-electron chi connectivity index (χ1n) is 11.2. The highest BCUT2D eigenvalue weighted by Crippen LogP contribution is 2.47. The number of carbonyl (C=O) groups is 1. The van der Waals surface area contributed by atoms with E-state index in [1.807, 2.05) is 10.9 Å². The normalized spacial score (nSPS) is 25.7. The molecule has 0 bridgehead atoms. The summed E-state index contributed by atoms with van der Waals surface area (Å²) in [5, 5.41) is 13.5. The zero-order valence-electron chi connectivity index (χ0n) is 20.2. The first kappa shape index (κ1) is 28.7. The van der Waals surface area contributed by atoms with Crippen molar-refractivity contribution in [1.82, 2.24) is 14.6 Å². The molecule has 3 rings (SSSR count). The van der Waals surface area contributed by atoms with E-state index in [0.29, 0.717) is 5.75 Å². The number of aliphatic hydroxyl groups excluding tert-OH is 1. The lowest BCUT2D eigenvalue weighted by atomic mass is 9.97. The minimum absolute atomic E-state index is 0.330. The second kappa shape index (κ2) is 11.7. The minimum atomic E-state index is -3.53. The SMILES string of the molecule is C#C[C@]1(F)C(n2ccc(=O)[nH]c2=O)O[C@H](COP(=S)(NC(C)C(=O)OC(C)C)Oc2ccccc2)[C@H]1O.